The molecule has 0 heterocycles. The Hall–Kier alpha value is 1.10. The van der Waals surface area contributed by atoms with Crippen molar-refractivity contribution in [2.24, 2.45) is 0 Å². The Morgan fingerprint density at radius 3 is 1.50 bits per heavy atom. The number of hydrogen-bond donors (Lipinski definition) is 0. The maximum atomic E-state index is 2.43. The van der Waals surface area contributed by atoms with Gasteiger partial charge in [0.25, 0.3) is 0 Å². The first kappa shape index (κ1) is 5.10. The van der Waals surface area contributed by atoms with E-state index in [1.165, 1.54) is 0 Å². The fraction of sp³-hybridized carbons (Fsp3) is 1.00. The Morgan fingerprint density at radius 1 is 1.50 bits per heavy atom. The summed E-state index contributed by atoms with van der Waals surface area (Å²) in [4.78, 5) is 0. The average molecular weight is 152 g/mol. The molecule has 4 heavy (non-hydrogen) atoms. The van der Waals surface area contributed by atoms with Crippen LogP contribution in [-0.4, -0.2) is 7.37 Å². The second-order valence-electron chi connectivity index (χ2n) is 1.50. The van der Waals surface area contributed by atoms with Crippen molar-refractivity contribution in [1.29, 1.82) is 0 Å². The van der Waals surface area contributed by atoms with Gasteiger partial charge in [0.05, 0.1) is 0 Å². The van der Waals surface area contributed by atoms with E-state index >= 15 is 0 Å². The van der Waals surface area contributed by atoms with Crippen LogP contribution < -0.4 is 0 Å². The standard InChI is InChI=1S/2CH3.H3Si.Zr/h3*1H3;. The second-order valence-corrected chi connectivity index (χ2v) is 20.7. The maximum absolute atomic E-state index is 2.43. The first-order valence-electron chi connectivity index (χ1n) is 1.50. The van der Waals surface area contributed by atoms with E-state index in [4.69, 9.17) is 0 Å². The second kappa shape index (κ2) is 2.34. The zero-order chi connectivity index (χ0) is 3.58. The molecule has 0 saturated heterocycles. The van der Waals surface area contributed by atoms with E-state index in [1.807, 2.05) is 0 Å². The molecule has 0 aliphatic heterocycles. The molecule has 2 heteroatoms. The summed E-state index contributed by atoms with van der Waals surface area (Å²) in [5.41, 5.74) is 0. The van der Waals surface area contributed by atoms with E-state index in [1.54, 1.807) is 7.37 Å². The monoisotopic (exact) mass is 151 g/mol. The molecule has 0 nitrogen and oxygen atoms in total. The minimum atomic E-state index is -0.404. The molecule has 0 saturated carbocycles. The molecule has 0 N–H and O–H groups in total. The van der Waals surface area contributed by atoms with Gasteiger partial charge in [-0.05, 0) is 0 Å². The van der Waals surface area contributed by atoms with Gasteiger partial charge in [-0.3, -0.25) is 0 Å². The summed E-state index contributed by atoms with van der Waals surface area (Å²) in [5, 5.41) is 0. The van der Waals surface area contributed by atoms with Gasteiger partial charge in [0.1, 0.15) is 0 Å². The van der Waals surface area contributed by atoms with E-state index in [-0.39, 0.29) is 0 Å². The van der Waals surface area contributed by atoms with Crippen molar-refractivity contribution in [1.82, 2.24) is 0 Å². The summed E-state index contributed by atoms with van der Waals surface area (Å²) in [6.07, 6.45) is 0. The van der Waals surface area contributed by atoms with Crippen LogP contribution in [0.5, 0.6) is 0 Å². The average Bonchev–Trinajstić information content (AvgIpc) is 0.811. The summed E-state index contributed by atoms with van der Waals surface area (Å²) < 4.78 is 4.85. The summed E-state index contributed by atoms with van der Waals surface area (Å²) in [6, 6.07) is 0. The summed E-state index contributed by atoms with van der Waals surface area (Å²) >= 11 is -0.404. The van der Waals surface area contributed by atoms with Crippen molar-refractivity contribution in [2.75, 3.05) is 0 Å². The van der Waals surface area contributed by atoms with Crippen LogP contribution in [0, 0.1) is 0 Å². The Bertz CT molecular complexity index is 10.8. The molecule has 25 valence electrons. The molecule has 0 atom stereocenters. The van der Waals surface area contributed by atoms with Crippen LogP contribution in [0.2, 0.25) is 9.26 Å². The molecule has 0 fully saturated rings. The van der Waals surface area contributed by atoms with E-state index in [2.05, 4.69) is 9.26 Å². The van der Waals surface area contributed by atoms with Gasteiger partial charge in [-0.2, -0.15) is 0 Å². The zero-order valence-electron chi connectivity index (χ0n) is 3.50. The molecule has 0 rings (SSSR count). The molecule has 0 radical (unpaired) electrons. The third kappa shape index (κ3) is 11.3. The topological polar surface area (TPSA) is 0 Å². The summed E-state index contributed by atoms with van der Waals surface area (Å²) in [5.74, 6) is 0. The van der Waals surface area contributed by atoms with Gasteiger partial charge in [-0.15, -0.1) is 0 Å². The quantitative estimate of drug-likeness (QED) is 0.428. The summed E-state index contributed by atoms with van der Waals surface area (Å²) in [7, 11) is 1.55. The van der Waals surface area contributed by atoms with Gasteiger partial charge in [-0.1, -0.05) is 0 Å². The fourth-order valence-corrected chi connectivity index (χ4v) is 0. The first-order chi connectivity index (χ1) is 1.73. The number of hydrogen-bond acceptors (Lipinski definition) is 0. The van der Waals surface area contributed by atoms with Crippen LogP contribution in [0.1, 0.15) is 0 Å². The van der Waals surface area contributed by atoms with Crippen LogP contribution in [0.15, 0.2) is 0 Å². The van der Waals surface area contributed by atoms with Crippen molar-refractivity contribution in [3.63, 3.8) is 0 Å². The third-order valence-electron chi connectivity index (χ3n) is 0. The van der Waals surface area contributed by atoms with Gasteiger partial charge in [0.15, 0.2) is 0 Å². The number of rotatable bonds is 0. The van der Waals surface area contributed by atoms with E-state index in [0.717, 1.165) is 0 Å². The first-order valence-corrected chi connectivity index (χ1v) is 14.8. The van der Waals surface area contributed by atoms with Crippen LogP contribution >= 0.6 is 0 Å². The van der Waals surface area contributed by atoms with E-state index < -0.39 is 20.9 Å². The molecular formula is C2H9SiZr. The predicted octanol–water partition coefficient (Wildman–Crippen LogP) is -0.0188. The molecule has 0 spiro atoms. The SMILES string of the molecule is [CH3][Zr]([CH3])[SiH3]. The van der Waals surface area contributed by atoms with Crippen LogP contribution in [0.3, 0.4) is 0 Å². The van der Waals surface area contributed by atoms with Gasteiger partial charge >= 0.3 is 37.5 Å². The van der Waals surface area contributed by atoms with Gasteiger partial charge in [-0.25, -0.2) is 0 Å². The Kier molecular flexibility index (Phi) is 2.99. The van der Waals surface area contributed by atoms with Gasteiger partial charge in [0.2, 0.25) is 0 Å². The van der Waals surface area contributed by atoms with Crippen LogP contribution in [0.4, 0.5) is 0 Å². The predicted molar refractivity (Wildman–Crippen MR) is 21.7 cm³/mol. The van der Waals surface area contributed by atoms with Crippen molar-refractivity contribution >= 4 is 7.37 Å². The Balaban J connectivity index is 2.32. The fourth-order valence-electron chi connectivity index (χ4n) is 0. The Labute approximate surface area is 37.7 Å². The molecule has 0 aromatic rings. The Morgan fingerprint density at radius 2 is 1.50 bits per heavy atom. The molecule has 0 aromatic carbocycles. The molecular weight excluding hydrogens is 143 g/mol. The van der Waals surface area contributed by atoms with E-state index in [0.29, 0.717) is 0 Å². The molecule has 0 unspecified atom stereocenters. The van der Waals surface area contributed by atoms with Crippen molar-refractivity contribution in [2.45, 2.75) is 9.26 Å². The molecule has 0 aromatic heterocycles. The molecule has 0 amide bonds. The van der Waals surface area contributed by atoms with Crippen molar-refractivity contribution in [3.8, 4) is 0 Å². The minimum absolute atomic E-state index is 0.404. The molecule has 0 aliphatic carbocycles. The van der Waals surface area contributed by atoms with Gasteiger partial charge in [0, 0.05) is 0 Å². The van der Waals surface area contributed by atoms with Crippen molar-refractivity contribution < 1.29 is 20.9 Å². The molecule has 0 bridgehead atoms. The van der Waals surface area contributed by atoms with Crippen LogP contribution in [-0.2, 0) is 20.9 Å². The molecule has 0 aliphatic rings. The van der Waals surface area contributed by atoms with Crippen LogP contribution in [0.25, 0.3) is 0 Å². The third-order valence-corrected chi connectivity index (χ3v) is 0. The zero-order valence-corrected chi connectivity index (χ0v) is 7.96. The van der Waals surface area contributed by atoms with Crippen molar-refractivity contribution in [3.05, 3.63) is 0 Å². The normalized spacial score (nSPS) is 7.50. The van der Waals surface area contributed by atoms with E-state index in [9.17, 15) is 0 Å². The summed E-state index contributed by atoms with van der Waals surface area (Å²) in [6.45, 7) is 0. The van der Waals surface area contributed by atoms with Gasteiger partial charge < -0.3 is 0 Å².